The van der Waals surface area contributed by atoms with Crippen LogP contribution < -0.4 is 10.2 Å². The van der Waals surface area contributed by atoms with Gasteiger partial charge in [-0.15, -0.1) is 0 Å². The van der Waals surface area contributed by atoms with Crippen LogP contribution >= 0.6 is 0 Å². The molecule has 0 aliphatic carbocycles. The summed E-state index contributed by atoms with van der Waals surface area (Å²) in [5.74, 6) is 1.24. The van der Waals surface area contributed by atoms with Crippen LogP contribution in [0.15, 0.2) is 60.9 Å². The first-order chi connectivity index (χ1) is 12.7. The summed E-state index contributed by atoms with van der Waals surface area (Å²) in [6.07, 6.45) is 4.32. The second kappa shape index (κ2) is 6.96. The van der Waals surface area contributed by atoms with Crippen molar-refractivity contribution in [2.75, 3.05) is 16.8 Å². The smallest absolute Gasteiger partial charge is 0.258 e. The number of anilines is 2. The fourth-order valence-electron chi connectivity index (χ4n) is 3.19. The maximum atomic E-state index is 12.4. The third-order valence-electron chi connectivity index (χ3n) is 4.62. The van der Waals surface area contributed by atoms with Crippen LogP contribution in [0.2, 0.25) is 0 Å². The molecule has 1 N–H and O–H groups in total. The molecule has 0 radical (unpaired) electrons. The summed E-state index contributed by atoms with van der Waals surface area (Å²) in [6.45, 7) is 3.75. The highest BCUT2D eigenvalue weighted by Crippen LogP contribution is 2.23. The van der Waals surface area contributed by atoms with E-state index in [4.69, 9.17) is 0 Å². The molecule has 26 heavy (non-hydrogen) atoms. The Kier molecular flexibility index (Phi) is 4.35. The Morgan fingerprint density at radius 2 is 1.92 bits per heavy atom. The minimum Gasteiger partial charge on any atom is -0.352 e. The SMILES string of the molecule is Cc1ccnc(NC(=O)c2ccc(N3CCc4ccccc4C3)nc2)c1. The molecule has 0 fully saturated rings. The van der Waals surface area contributed by atoms with E-state index >= 15 is 0 Å². The summed E-state index contributed by atoms with van der Waals surface area (Å²) in [5, 5.41) is 2.81. The number of benzene rings is 1. The topological polar surface area (TPSA) is 58.1 Å². The summed E-state index contributed by atoms with van der Waals surface area (Å²) in [5.41, 5.74) is 4.32. The molecule has 0 saturated heterocycles. The van der Waals surface area contributed by atoms with Crippen LogP contribution in [0.25, 0.3) is 0 Å². The number of nitrogens with one attached hydrogen (secondary N) is 1. The summed E-state index contributed by atoms with van der Waals surface area (Å²) in [6, 6.07) is 16.0. The highest BCUT2D eigenvalue weighted by Gasteiger charge is 2.17. The normalized spacial score (nSPS) is 13.2. The first-order valence-corrected chi connectivity index (χ1v) is 8.71. The van der Waals surface area contributed by atoms with Crippen LogP contribution in [0, 0.1) is 6.92 Å². The third-order valence-corrected chi connectivity index (χ3v) is 4.62. The van der Waals surface area contributed by atoms with Crippen molar-refractivity contribution in [3.05, 3.63) is 83.2 Å². The molecule has 0 spiro atoms. The fraction of sp³-hybridized carbons (Fsp3) is 0.190. The molecule has 0 bridgehead atoms. The molecule has 130 valence electrons. The van der Waals surface area contributed by atoms with E-state index in [-0.39, 0.29) is 5.91 Å². The third kappa shape index (κ3) is 3.42. The van der Waals surface area contributed by atoms with Gasteiger partial charge in [0.2, 0.25) is 0 Å². The van der Waals surface area contributed by atoms with E-state index in [0.717, 1.165) is 30.9 Å². The Morgan fingerprint density at radius 1 is 1.08 bits per heavy atom. The number of rotatable bonds is 3. The van der Waals surface area contributed by atoms with E-state index in [9.17, 15) is 4.79 Å². The molecule has 0 unspecified atom stereocenters. The number of hydrogen-bond donors (Lipinski definition) is 1. The molecular formula is C21H20N4O. The highest BCUT2D eigenvalue weighted by molar-refractivity contribution is 6.03. The minimum absolute atomic E-state index is 0.203. The fourth-order valence-corrected chi connectivity index (χ4v) is 3.19. The molecule has 1 aliphatic rings. The van der Waals surface area contributed by atoms with Crippen LogP contribution in [-0.2, 0) is 13.0 Å². The molecule has 1 aliphatic heterocycles. The monoisotopic (exact) mass is 344 g/mol. The Labute approximate surface area is 152 Å². The van der Waals surface area contributed by atoms with Crippen molar-refractivity contribution in [2.24, 2.45) is 0 Å². The van der Waals surface area contributed by atoms with Gasteiger partial charge in [-0.25, -0.2) is 9.97 Å². The molecule has 3 heterocycles. The maximum absolute atomic E-state index is 12.4. The average molecular weight is 344 g/mol. The maximum Gasteiger partial charge on any atom is 0.258 e. The number of aromatic nitrogens is 2. The number of amides is 1. The number of carbonyl (C=O) groups is 1. The van der Waals surface area contributed by atoms with Crippen molar-refractivity contribution in [3.63, 3.8) is 0 Å². The number of pyridine rings is 2. The van der Waals surface area contributed by atoms with Crippen molar-refractivity contribution in [1.29, 1.82) is 0 Å². The first-order valence-electron chi connectivity index (χ1n) is 8.71. The van der Waals surface area contributed by atoms with Gasteiger partial charge in [-0.05, 0) is 54.3 Å². The summed E-state index contributed by atoms with van der Waals surface area (Å²) >= 11 is 0. The van der Waals surface area contributed by atoms with Crippen LogP contribution in [0.4, 0.5) is 11.6 Å². The number of aryl methyl sites for hydroxylation is 1. The lowest BCUT2D eigenvalue weighted by atomic mass is 10.00. The second-order valence-corrected chi connectivity index (χ2v) is 6.52. The summed E-state index contributed by atoms with van der Waals surface area (Å²) in [7, 11) is 0. The molecule has 4 rings (SSSR count). The molecule has 0 saturated carbocycles. The molecule has 0 atom stereocenters. The molecule has 1 aromatic carbocycles. The minimum atomic E-state index is -0.203. The molecule has 5 nitrogen and oxygen atoms in total. The van der Waals surface area contributed by atoms with Gasteiger partial charge < -0.3 is 10.2 Å². The van der Waals surface area contributed by atoms with Gasteiger partial charge in [0.25, 0.3) is 5.91 Å². The Balaban J connectivity index is 1.46. The lowest BCUT2D eigenvalue weighted by Crippen LogP contribution is -2.31. The van der Waals surface area contributed by atoms with Crippen LogP contribution in [0.1, 0.15) is 27.0 Å². The van der Waals surface area contributed by atoms with Gasteiger partial charge >= 0.3 is 0 Å². The van der Waals surface area contributed by atoms with Gasteiger partial charge in [0.15, 0.2) is 0 Å². The largest absolute Gasteiger partial charge is 0.352 e. The quantitative estimate of drug-likeness (QED) is 0.789. The Hall–Kier alpha value is -3.21. The number of hydrogen-bond acceptors (Lipinski definition) is 4. The van der Waals surface area contributed by atoms with Crippen molar-refractivity contribution in [2.45, 2.75) is 19.9 Å². The van der Waals surface area contributed by atoms with E-state index in [2.05, 4.69) is 44.5 Å². The zero-order chi connectivity index (χ0) is 17.9. The highest BCUT2D eigenvalue weighted by atomic mass is 16.1. The van der Waals surface area contributed by atoms with Gasteiger partial charge in [0.05, 0.1) is 5.56 Å². The summed E-state index contributed by atoms with van der Waals surface area (Å²) in [4.78, 5) is 23.3. The van der Waals surface area contributed by atoms with E-state index in [0.29, 0.717) is 11.4 Å². The first kappa shape index (κ1) is 16.3. The lowest BCUT2D eigenvalue weighted by molar-refractivity contribution is 0.102. The Bertz CT molecular complexity index is 937. The van der Waals surface area contributed by atoms with Crippen LogP contribution in [0.3, 0.4) is 0 Å². The zero-order valence-electron chi connectivity index (χ0n) is 14.6. The van der Waals surface area contributed by atoms with Gasteiger partial charge in [0.1, 0.15) is 11.6 Å². The van der Waals surface area contributed by atoms with Crippen molar-refractivity contribution in [3.8, 4) is 0 Å². The molecule has 2 aromatic heterocycles. The molecular weight excluding hydrogens is 324 g/mol. The van der Waals surface area contributed by atoms with Gasteiger partial charge in [-0.1, -0.05) is 24.3 Å². The van der Waals surface area contributed by atoms with E-state index in [1.807, 2.05) is 31.2 Å². The van der Waals surface area contributed by atoms with E-state index < -0.39 is 0 Å². The summed E-state index contributed by atoms with van der Waals surface area (Å²) < 4.78 is 0. The van der Waals surface area contributed by atoms with Crippen molar-refractivity contribution < 1.29 is 4.79 Å². The van der Waals surface area contributed by atoms with Crippen molar-refractivity contribution in [1.82, 2.24) is 9.97 Å². The Morgan fingerprint density at radius 3 is 2.69 bits per heavy atom. The zero-order valence-corrected chi connectivity index (χ0v) is 14.6. The number of fused-ring (bicyclic) bond motifs is 1. The number of carbonyl (C=O) groups excluding carboxylic acids is 1. The lowest BCUT2D eigenvalue weighted by Gasteiger charge is -2.29. The van der Waals surface area contributed by atoms with Crippen molar-refractivity contribution >= 4 is 17.5 Å². The van der Waals surface area contributed by atoms with Gasteiger partial charge in [-0.2, -0.15) is 0 Å². The molecule has 3 aromatic rings. The van der Waals surface area contributed by atoms with E-state index in [1.54, 1.807) is 12.4 Å². The van der Waals surface area contributed by atoms with Crippen LogP contribution in [0.5, 0.6) is 0 Å². The van der Waals surface area contributed by atoms with E-state index in [1.165, 1.54) is 11.1 Å². The van der Waals surface area contributed by atoms with Gasteiger partial charge in [-0.3, -0.25) is 4.79 Å². The van der Waals surface area contributed by atoms with Gasteiger partial charge in [0, 0.05) is 25.5 Å². The van der Waals surface area contributed by atoms with Crippen LogP contribution in [-0.4, -0.2) is 22.4 Å². The molecule has 1 amide bonds. The standard InChI is InChI=1S/C21H20N4O/c1-15-8-10-22-19(12-15)24-21(26)17-6-7-20(23-13-17)25-11-9-16-4-2-3-5-18(16)14-25/h2-8,10,12-13H,9,11,14H2,1H3,(H,22,24,26). The number of nitrogens with zero attached hydrogens (tertiary/aromatic N) is 3. The molecule has 5 heteroatoms. The predicted octanol–water partition coefficient (Wildman–Crippen LogP) is 3.60. The average Bonchev–Trinajstić information content (AvgIpc) is 2.68. The second-order valence-electron chi connectivity index (χ2n) is 6.52. The predicted molar refractivity (Wildman–Crippen MR) is 102 cm³/mol.